The number of nitro benzene ring substituents is 1. The highest BCUT2D eigenvalue weighted by molar-refractivity contribution is 6.10. The Morgan fingerprint density at radius 3 is 2.44 bits per heavy atom. The summed E-state index contributed by atoms with van der Waals surface area (Å²) in [5, 5.41) is 21.1. The topological polar surface area (TPSA) is 114 Å². The molecule has 0 aromatic heterocycles. The standard InChI is InChI=1S/C17H16N4O4/c1-11-8-9-14(15(10-11)21(24)25)19-20-16(12(2)22)17(23)18-13-6-4-3-5-7-13/h3-10,16H,1-2H3,(H,18,23)/b20-19+. The number of ketones is 1. The number of benzene rings is 2. The van der Waals surface area contributed by atoms with E-state index >= 15 is 0 Å². The lowest BCUT2D eigenvalue weighted by Crippen LogP contribution is -2.31. The van der Waals surface area contributed by atoms with Gasteiger partial charge in [0.25, 0.3) is 11.6 Å². The molecule has 0 saturated carbocycles. The number of hydrogen-bond acceptors (Lipinski definition) is 6. The van der Waals surface area contributed by atoms with E-state index in [0.717, 1.165) is 0 Å². The number of aryl methyl sites for hydroxylation is 1. The van der Waals surface area contributed by atoms with Crippen molar-refractivity contribution >= 4 is 28.8 Å². The third-order valence-electron chi connectivity index (χ3n) is 3.28. The molecule has 2 rings (SSSR count). The summed E-state index contributed by atoms with van der Waals surface area (Å²) in [7, 11) is 0. The molecule has 0 radical (unpaired) electrons. The molecule has 25 heavy (non-hydrogen) atoms. The van der Waals surface area contributed by atoms with Crippen LogP contribution in [0.2, 0.25) is 0 Å². The van der Waals surface area contributed by atoms with Crippen molar-refractivity contribution in [3.63, 3.8) is 0 Å². The van der Waals surface area contributed by atoms with Crippen LogP contribution in [0, 0.1) is 17.0 Å². The summed E-state index contributed by atoms with van der Waals surface area (Å²) in [5.74, 6) is -1.18. The molecule has 0 aliphatic heterocycles. The third kappa shape index (κ3) is 4.77. The maximum Gasteiger partial charge on any atom is 0.296 e. The number of nitrogens with one attached hydrogen (secondary N) is 1. The quantitative estimate of drug-likeness (QED) is 0.374. The van der Waals surface area contributed by atoms with Crippen molar-refractivity contribution in [1.82, 2.24) is 0 Å². The Morgan fingerprint density at radius 2 is 1.84 bits per heavy atom. The van der Waals surface area contributed by atoms with Crippen LogP contribution in [0.5, 0.6) is 0 Å². The van der Waals surface area contributed by atoms with Crippen LogP contribution in [0.3, 0.4) is 0 Å². The van der Waals surface area contributed by atoms with Crippen molar-refractivity contribution in [2.45, 2.75) is 19.9 Å². The van der Waals surface area contributed by atoms with Gasteiger partial charge in [-0.3, -0.25) is 19.7 Å². The number of anilines is 1. The second-order valence-corrected chi connectivity index (χ2v) is 5.33. The molecule has 0 heterocycles. The Kier molecular flexibility index (Phi) is 5.67. The number of nitrogens with zero attached hydrogens (tertiary/aromatic N) is 3. The average molecular weight is 340 g/mol. The van der Waals surface area contributed by atoms with Crippen LogP contribution in [0.25, 0.3) is 0 Å². The normalized spacial score (nSPS) is 11.9. The fourth-order valence-electron chi connectivity index (χ4n) is 2.03. The lowest BCUT2D eigenvalue weighted by molar-refractivity contribution is -0.384. The van der Waals surface area contributed by atoms with Crippen molar-refractivity contribution in [1.29, 1.82) is 0 Å². The first kappa shape index (κ1) is 17.9. The number of carbonyl (C=O) groups is 2. The number of hydrogen-bond donors (Lipinski definition) is 1. The SMILES string of the molecule is CC(=O)C(/N=N/c1ccc(C)cc1[N+](=O)[O-])C(=O)Nc1ccccc1. The minimum Gasteiger partial charge on any atom is -0.324 e. The summed E-state index contributed by atoms with van der Waals surface area (Å²) in [6.07, 6.45) is 0. The molecule has 128 valence electrons. The molecule has 1 amide bonds. The number of para-hydroxylation sites is 1. The van der Waals surface area contributed by atoms with Gasteiger partial charge in [-0.05, 0) is 37.6 Å². The summed E-state index contributed by atoms with van der Waals surface area (Å²) >= 11 is 0. The van der Waals surface area contributed by atoms with E-state index < -0.39 is 22.7 Å². The van der Waals surface area contributed by atoms with Crippen LogP contribution >= 0.6 is 0 Å². The largest absolute Gasteiger partial charge is 0.324 e. The fraction of sp³-hybridized carbons (Fsp3) is 0.176. The molecular weight excluding hydrogens is 324 g/mol. The molecule has 1 atom stereocenters. The number of azo groups is 1. The first-order chi connectivity index (χ1) is 11.9. The van der Waals surface area contributed by atoms with Gasteiger partial charge in [0.1, 0.15) is 0 Å². The summed E-state index contributed by atoms with van der Waals surface area (Å²) in [6, 6.07) is 11.6. The minimum atomic E-state index is -1.39. The summed E-state index contributed by atoms with van der Waals surface area (Å²) in [6.45, 7) is 2.91. The Bertz CT molecular complexity index is 834. The summed E-state index contributed by atoms with van der Waals surface area (Å²) in [5.41, 5.74) is 0.940. The predicted octanol–water partition coefficient (Wildman–Crippen LogP) is 3.58. The van der Waals surface area contributed by atoms with Gasteiger partial charge >= 0.3 is 0 Å². The van der Waals surface area contributed by atoms with E-state index in [1.54, 1.807) is 43.3 Å². The molecule has 0 aliphatic rings. The number of Topliss-reactive ketones (excluding diaryl/α,β-unsaturated/α-hetero) is 1. The minimum absolute atomic E-state index is 0.0191. The van der Waals surface area contributed by atoms with E-state index in [9.17, 15) is 19.7 Å². The van der Waals surface area contributed by atoms with Gasteiger partial charge in [0.15, 0.2) is 11.5 Å². The number of amides is 1. The highest BCUT2D eigenvalue weighted by Crippen LogP contribution is 2.28. The molecule has 0 spiro atoms. The molecule has 2 aromatic rings. The second-order valence-electron chi connectivity index (χ2n) is 5.33. The van der Waals surface area contributed by atoms with Crippen molar-refractivity contribution in [2.75, 3.05) is 5.32 Å². The van der Waals surface area contributed by atoms with Gasteiger partial charge in [-0.1, -0.05) is 24.3 Å². The molecule has 0 saturated heterocycles. The Morgan fingerprint density at radius 1 is 1.16 bits per heavy atom. The number of nitro groups is 1. The van der Waals surface area contributed by atoms with E-state index in [1.165, 1.54) is 19.1 Å². The molecule has 2 aromatic carbocycles. The molecule has 0 aliphatic carbocycles. The van der Waals surface area contributed by atoms with Gasteiger partial charge in [0.05, 0.1) is 4.92 Å². The predicted molar refractivity (Wildman–Crippen MR) is 91.9 cm³/mol. The van der Waals surface area contributed by atoms with Crippen molar-refractivity contribution in [3.8, 4) is 0 Å². The zero-order chi connectivity index (χ0) is 18.4. The Hall–Kier alpha value is -3.42. The monoisotopic (exact) mass is 340 g/mol. The summed E-state index contributed by atoms with van der Waals surface area (Å²) in [4.78, 5) is 34.4. The molecule has 1 N–H and O–H groups in total. The summed E-state index contributed by atoms with van der Waals surface area (Å²) < 4.78 is 0. The van der Waals surface area contributed by atoms with Gasteiger partial charge in [-0.25, -0.2) is 0 Å². The highest BCUT2D eigenvalue weighted by Gasteiger charge is 2.24. The zero-order valence-corrected chi connectivity index (χ0v) is 13.7. The average Bonchev–Trinajstić information content (AvgIpc) is 2.56. The first-order valence-electron chi connectivity index (χ1n) is 7.40. The second kappa shape index (κ2) is 7.91. The molecule has 0 bridgehead atoms. The van der Waals surface area contributed by atoms with Crippen molar-refractivity contribution in [2.24, 2.45) is 10.2 Å². The van der Waals surface area contributed by atoms with Gasteiger partial charge < -0.3 is 5.32 Å². The van der Waals surface area contributed by atoms with Crippen LogP contribution in [0.1, 0.15) is 12.5 Å². The van der Waals surface area contributed by atoms with Crippen LogP contribution in [0.4, 0.5) is 17.1 Å². The van der Waals surface area contributed by atoms with E-state index in [0.29, 0.717) is 11.3 Å². The maximum atomic E-state index is 12.2. The molecule has 8 heteroatoms. The lowest BCUT2D eigenvalue weighted by Gasteiger charge is -2.09. The van der Waals surface area contributed by atoms with Crippen LogP contribution in [-0.2, 0) is 9.59 Å². The molecule has 8 nitrogen and oxygen atoms in total. The van der Waals surface area contributed by atoms with Gasteiger partial charge in [-0.2, -0.15) is 5.11 Å². The van der Waals surface area contributed by atoms with Crippen molar-refractivity contribution < 1.29 is 14.5 Å². The Labute approximate surface area is 143 Å². The molecule has 0 fully saturated rings. The van der Waals surface area contributed by atoms with Crippen molar-refractivity contribution in [3.05, 3.63) is 64.2 Å². The zero-order valence-electron chi connectivity index (χ0n) is 13.7. The van der Waals surface area contributed by atoms with E-state index in [4.69, 9.17) is 0 Å². The van der Waals surface area contributed by atoms with Gasteiger partial charge in [0.2, 0.25) is 6.04 Å². The van der Waals surface area contributed by atoms with Gasteiger partial charge in [-0.15, -0.1) is 5.11 Å². The third-order valence-corrected chi connectivity index (χ3v) is 3.28. The highest BCUT2D eigenvalue weighted by atomic mass is 16.6. The first-order valence-corrected chi connectivity index (χ1v) is 7.40. The van der Waals surface area contributed by atoms with Crippen LogP contribution < -0.4 is 5.32 Å². The molecular formula is C17H16N4O4. The number of carbonyl (C=O) groups excluding carboxylic acids is 2. The Balaban J connectivity index is 2.25. The van der Waals surface area contributed by atoms with E-state index in [-0.39, 0.29) is 11.4 Å². The van der Waals surface area contributed by atoms with Gasteiger partial charge in [0, 0.05) is 11.8 Å². The fourth-order valence-corrected chi connectivity index (χ4v) is 2.03. The smallest absolute Gasteiger partial charge is 0.296 e. The van der Waals surface area contributed by atoms with Crippen LogP contribution in [-0.4, -0.2) is 22.7 Å². The van der Waals surface area contributed by atoms with E-state index in [1.807, 2.05) is 0 Å². The number of rotatable bonds is 6. The van der Waals surface area contributed by atoms with E-state index in [2.05, 4.69) is 15.5 Å². The molecule has 1 unspecified atom stereocenters. The lowest BCUT2D eigenvalue weighted by atomic mass is 10.2. The van der Waals surface area contributed by atoms with Crippen LogP contribution in [0.15, 0.2) is 58.8 Å². The maximum absolute atomic E-state index is 12.2.